The Balaban J connectivity index is 1.43. The number of carbonyl (C=O) groups is 1. The van der Waals surface area contributed by atoms with E-state index in [0.717, 1.165) is 11.3 Å². The Bertz CT molecular complexity index is 1130. The molecular formula is C20H18N6O3. The van der Waals surface area contributed by atoms with Crippen molar-refractivity contribution in [2.24, 2.45) is 0 Å². The number of nitrogens with zero attached hydrogens (tertiary/aromatic N) is 5. The van der Waals surface area contributed by atoms with Crippen LogP contribution in [0.2, 0.25) is 0 Å². The van der Waals surface area contributed by atoms with Crippen molar-refractivity contribution in [2.75, 3.05) is 20.3 Å². The molecule has 0 saturated heterocycles. The van der Waals surface area contributed by atoms with Gasteiger partial charge in [-0.15, -0.1) is 15.3 Å². The van der Waals surface area contributed by atoms with E-state index in [1.807, 2.05) is 24.3 Å². The molecule has 3 aromatic heterocycles. The van der Waals surface area contributed by atoms with Crippen LogP contribution in [0.5, 0.6) is 11.6 Å². The normalized spacial score (nSPS) is 10.7. The zero-order valence-electron chi connectivity index (χ0n) is 15.6. The Morgan fingerprint density at radius 3 is 2.79 bits per heavy atom. The van der Waals surface area contributed by atoms with Gasteiger partial charge in [0, 0.05) is 29.6 Å². The summed E-state index contributed by atoms with van der Waals surface area (Å²) in [5.41, 5.74) is 1.97. The fraction of sp³-hybridized carbons (Fsp3) is 0.150. The molecule has 146 valence electrons. The maximum Gasteiger partial charge on any atom is 0.251 e. The highest BCUT2D eigenvalue weighted by Gasteiger charge is 2.11. The number of amides is 1. The maximum atomic E-state index is 12.0. The second-order valence-electron chi connectivity index (χ2n) is 6.04. The zero-order valence-corrected chi connectivity index (χ0v) is 15.6. The average Bonchev–Trinajstić information content (AvgIpc) is 3.20. The van der Waals surface area contributed by atoms with Crippen LogP contribution in [-0.2, 0) is 0 Å². The van der Waals surface area contributed by atoms with Crippen molar-refractivity contribution in [1.29, 1.82) is 0 Å². The van der Waals surface area contributed by atoms with Gasteiger partial charge in [-0.1, -0.05) is 12.1 Å². The first-order valence-electron chi connectivity index (χ1n) is 8.92. The molecule has 4 aromatic rings. The summed E-state index contributed by atoms with van der Waals surface area (Å²) in [6.07, 6.45) is 3.15. The van der Waals surface area contributed by atoms with Gasteiger partial charge in [0.2, 0.25) is 5.88 Å². The number of hydrogen-bond donors (Lipinski definition) is 1. The largest absolute Gasteiger partial charge is 0.497 e. The Labute approximate surface area is 166 Å². The molecule has 1 N–H and O–H groups in total. The Morgan fingerprint density at radius 2 is 1.97 bits per heavy atom. The zero-order chi connectivity index (χ0) is 20.1. The molecule has 9 nitrogen and oxygen atoms in total. The molecule has 0 fully saturated rings. The van der Waals surface area contributed by atoms with Gasteiger partial charge in [0.1, 0.15) is 12.4 Å². The summed E-state index contributed by atoms with van der Waals surface area (Å²) in [6.45, 7) is 0.609. The van der Waals surface area contributed by atoms with Crippen LogP contribution in [0, 0.1) is 0 Å². The lowest BCUT2D eigenvalue weighted by Gasteiger charge is -2.08. The monoisotopic (exact) mass is 390 g/mol. The Morgan fingerprint density at radius 1 is 1.10 bits per heavy atom. The fourth-order valence-corrected chi connectivity index (χ4v) is 2.72. The van der Waals surface area contributed by atoms with E-state index >= 15 is 0 Å². The Hall–Kier alpha value is -4.01. The Kier molecular flexibility index (Phi) is 5.28. The number of methoxy groups -OCH3 is 1. The van der Waals surface area contributed by atoms with Crippen molar-refractivity contribution in [3.63, 3.8) is 0 Å². The van der Waals surface area contributed by atoms with E-state index in [1.165, 1.54) is 0 Å². The third-order valence-corrected chi connectivity index (χ3v) is 4.15. The van der Waals surface area contributed by atoms with E-state index in [2.05, 4.69) is 25.6 Å². The molecule has 0 bridgehead atoms. The first-order chi connectivity index (χ1) is 14.2. The van der Waals surface area contributed by atoms with Crippen LogP contribution in [-0.4, -0.2) is 51.0 Å². The molecule has 0 aliphatic rings. The number of benzene rings is 1. The molecule has 29 heavy (non-hydrogen) atoms. The number of aromatic nitrogens is 5. The first kappa shape index (κ1) is 18.4. The number of carbonyl (C=O) groups excluding carboxylic acids is 1. The van der Waals surface area contributed by atoms with Gasteiger partial charge in [0.25, 0.3) is 5.91 Å². The number of fused-ring (bicyclic) bond motifs is 1. The molecule has 9 heteroatoms. The van der Waals surface area contributed by atoms with Gasteiger partial charge in [0.05, 0.1) is 13.7 Å². The predicted molar refractivity (Wildman–Crippen MR) is 105 cm³/mol. The first-order valence-corrected chi connectivity index (χ1v) is 8.92. The van der Waals surface area contributed by atoms with Crippen molar-refractivity contribution in [1.82, 2.24) is 30.1 Å². The van der Waals surface area contributed by atoms with Crippen LogP contribution in [0.15, 0.2) is 60.9 Å². The minimum absolute atomic E-state index is 0.182. The minimum atomic E-state index is -0.182. The molecule has 0 unspecified atom stereocenters. The highest BCUT2D eigenvalue weighted by molar-refractivity contribution is 5.93. The van der Waals surface area contributed by atoms with Crippen LogP contribution in [0.25, 0.3) is 17.0 Å². The van der Waals surface area contributed by atoms with Gasteiger partial charge in [-0.25, -0.2) is 0 Å². The minimum Gasteiger partial charge on any atom is -0.497 e. The molecule has 0 aliphatic heterocycles. The molecule has 1 amide bonds. The van der Waals surface area contributed by atoms with Gasteiger partial charge in [-0.3, -0.25) is 9.78 Å². The SMILES string of the molecule is COc1cccc(-c2nnc3ccc(OCCNC(=O)c4ccncc4)nn23)c1. The van der Waals surface area contributed by atoms with Crippen LogP contribution >= 0.6 is 0 Å². The standard InChI is InChI=1S/C20H18N6O3/c1-28-16-4-2-3-15(13-16)19-24-23-17-5-6-18(25-26(17)19)29-12-11-22-20(27)14-7-9-21-10-8-14/h2-10,13H,11-12H2,1H3,(H,22,27). The summed E-state index contributed by atoms with van der Waals surface area (Å²) in [5, 5.41) is 15.6. The van der Waals surface area contributed by atoms with E-state index in [-0.39, 0.29) is 12.5 Å². The van der Waals surface area contributed by atoms with E-state index in [0.29, 0.717) is 29.5 Å². The van der Waals surface area contributed by atoms with Gasteiger partial charge in [-0.05, 0) is 30.3 Å². The molecule has 4 rings (SSSR count). The summed E-state index contributed by atoms with van der Waals surface area (Å²) in [5.74, 6) is 1.52. The predicted octanol–water partition coefficient (Wildman–Crippen LogP) is 2.00. The summed E-state index contributed by atoms with van der Waals surface area (Å²) >= 11 is 0. The number of hydrogen-bond acceptors (Lipinski definition) is 7. The quantitative estimate of drug-likeness (QED) is 0.481. The van der Waals surface area contributed by atoms with Crippen molar-refractivity contribution in [3.05, 3.63) is 66.5 Å². The number of rotatable bonds is 7. The third-order valence-electron chi connectivity index (χ3n) is 4.15. The number of ether oxygens (including phenoxy) is 2. The van der Waals surface area contributed by atoms with Crippen molar-refractivity contribution in [3.8, 4) is 23.0 Å². The van der Waals surface area contributed by atoms with E-state index in [1.54, 1.807) is 48.3 Å². The van der Waals surface area contributed by atoms with Crippen molar-refractivity contribution >= 4 is 11.6 Å². The third kappa shape index (κ3) is 4.13. The second-order valence-corrected chi connectivity index (χ2v) is 6.04. The average molecular weight is 390 g/mol. The molecule has 0 saturated carbocycles. The maximum absolute atomic E-state index is 12.0. The van der Waals surface area contributed by atoms with E-state index in [9.17, 15) is 4.79 Å². The lowest BCUT2D eigenvalue weighted by Crippen LogP contribution is -2.28. The van der Waals surface area contributed by atoms with Gasteiger partial charge in [-0.2, -0.15) is 4.52 Å². The highest BCUT2D eigenvalue weighted by Crippen LogP contribution is 2.23. The molecule has 0 radical (unpaired) electrons. The lowest BCUT2D eigenvalue weighted by molar-refractivity contribution is 0.0946. The van der Waals surface area contributed by atoms with Gasteiger partial charge >= 0.3 is 0 Å². The molecule has 0 spiro atoms. The molecule has 1 aromatic carbocycles. The molecule has 0 atom stereocenters. The molecular weight excluding hydrogens is 372 g/mol. The summed E-state index contributed by atoms with van der Waals surface area (Å²) in [6, 6.07) is 14.3. The van der Waals surface area contributed by atoms with Crippen molar-refractivity contribution in [2.45, 2.75) is 0 Å². The molecule has 3 heterocycles. The van der Waals surface area contributed by atoms with Crippen LogP contribution in [0.1, 0.15) is 10.4 Å². The number of pyridine rings is 1. The highest BCUT2D eigenvalue weighted by atomic mass is 16.5. The van der Waals surface area contributed by atoms with Gasteiger partial charge in [0.15, 0.2) is 11.5 Å². The van der Waals surface area contributed by atoms with Gasteiger partial charge < -0.3 is 14.8 Å². The van der Waals surface area contributed by atoms with E-state index in [4.69, 9.17) is 9.47 Å². The van der Waals surface area contributed by atoms with Crippen molar-refractivity contribution < 1.29 is 14.3 Å². The fourth-order valence-electron chi connectivity index (χ4n) is 2.72. The smallest absolute Gasteiger partial charge is 0.251 e. The topological polar surface area (TPSA) is 104 Å². The van der Waals surface area contributed by atoms with Crippen LogP contribution < -0.4 is 14.8 Å². The van der Waals surface area contributed by atoms with Crippen LogP contribution in [0.4, 0.5) is 0 Å². The van der Waals surface area contributed by atoms with Crippen LogP contribution in [0.3, 0.4) is 0 Å². The second kappa shape index (κ2) is 8.34. The lowest BCUT2D eigenvalue weighted by atomic mass is 10.2. The summed E-state index contributed by atoms with van der Waals surface area (Å²) in [4.78, 5) is 15.9. The number of nitrogens with one attached hydrogen (secondary N) is 1. The summed E-state index contributed by atoms with van der Waals surface area (Å²) < 4.78 is 12.5. The van der Waals surface area contributed by atoms with E-state index < -0.39 is 0 Å². The summed E-state index contributed by atoms with van der Waals surface area (Å²) in [7, 11) is 1.61. The molecule has 0 aliphatic carbocycles.